The molecule has 0 spiro atoms. The summed E-state index contributed by atoms with van der Waals surface area (Å²) in [5, 5.41) is 3.55. The summed E-state index contributed by atoms with van der Waals surface area (Å²) in [6, 6.07) is 6.73. The van der Waals surface area contributed by atoms with Gasteiger partial charge in [-0.2, -0.15) is 0 Å². The Morgan fingerprint density at radius 3 is 2.69 bits per heavy atom. The van der Waals surface area contributed by atoms with Crippen LogP contribution >= 0.6 is 22.6 Å². The van der Waals surface area contributed by atoms with Crippen LogP contribution in [0.3, 0.4) is 0 Å². The Morgan fingerprint density at radius 1 is 1.38 bits per heavy atom. The topological polar surface area (TPSA) is 38.0 Å². The van der Waals surface area contributed by atoms with E-state index in [1.54, 1.807) is 0 Å². The quantitative estimate of drug-likeness (QED) is 0.652. The maximum Gasteiger partial charge on any atom is 0.0576 e. The van der Waals surface area contributed by atoms with E-state index in [1.807, 2.05) is 6.07 Å². The molecule has 1 aliphatic rings. The summed E-state index contributed by atoms with van der Waals surface area (Å²) in [6.07, 6.45) is 5.49. The predicted octanol–water partition coefficient (Wildman–Crippen LogP) is 3.86. The third kappa shape index (κ3) is 2.81. The van der Waals surface area contributed by atoms with E-state index in [0.717, 1.165) is 17.3 Å². The second-order valence-corrected chi connectivity index (χ2v) is 5.95. The average molecular weight is 330 g/mol. The molecule has 88 valence electrons. The Hall–Kier alpha value is -0.450. The lowest BCUT2D eigenvalue weighted by atomic mass is 9.99. The molecule has 2 nitrogen and oxygen atoms in total. The second kappa shape index (κ2) is 5.25. The highest BCUT2D eigenvalue weighted by molar-refractivity contribution is 14.1. The minimum atomic E-state index is 0.532. The van der Waals surface area contributed by atoms with Gasteiger partial charge in [-0.3, -0.25) is 0 Å². The summed E-state index contributed by atoms with van der Waals surface area (Å²) < 4.78 is 1.19. The van der Waals surface area contributed by atoms with Crippen LogP contribution in [-0.2, 0) is 0 Å². The number of anilines is 2. The molecule has 1 aliphatic carbocycles. The number of nitrogens with one attached hydrogen (secondary N) is 1. The molecule has 1 atom stereocenters. The monoisotopic (exact) mass is 330 g/mol. The van der Waals surface area contributed by atoms with Crippen molar-refractivity contribution in [2.45, 2.75) is 38.6 Å². The van der Waals surface area contributed by atoms with Gasteiger partial charge in [0, 0.05) is 9.61 Å². The first-order valence-corrected chi connectivity index (χ1v) is 7.06. The van der Waals surface area contributed by atoms with Crippen LogP contribution in [0, 0.1) is 9.49 Å². The van der Waals surface area contributed by atoms with Gasteiger partial charge in [0.05, 0.1) is 11.4 Å². The van der Waals surface area contributed by atoms with Gasteiger partial charge in [0.1, 0.15) is 0 Å². The lowest BCUT2D eigenvalue weighted by Gasteiger charge is -2.22. The third-order valence-electron chi connectivity index (χ3n) is 3.50. The minimum Gasteiger partial charge on any atom is -0.397 e. The minimum absolute atomic E-state index is 0.532. The van der Waals surface area contributed by atoms with Crippen molar-refractivity contribution in [3.63, 3.8) is 0 Å². The largest absolute Gasteiger partial charge is 0.397 e. The molecule has 1 fully saturated rings. The van der Waals surface area contributed by atoms with Gasteiger partial charge in [-0.25, -0.2) is 0 Å². The van der Waals surface area contributed by atoms with Crippen molar-refractivity contribution in [3.8, 4) is 0 Å². The number of halogens is 1. The van der Waals surface area contributed by atoms with Gasteiger partial charge in [0.2, 0.25) is 0 Å². The molecule has 0 radical (unpaired) electrons. The van der Waals surface area contributed by atoms with Crippen molar-refractivity contribution >= 4 is 34.0 Å². The number of nitrogens with two attached hydrogens (primary N) is 1. The van der Waals surface area contributed by atoms with E-state index >= 15 is 0 Å². The van der Waals surface area contributed by atoms with Crippen molar-refractivity contribution < 1.29 is 0 Å². The Labute approximate surface area is 111 Å². The van der Waals surface area contributed by atoms with Gasteiger partial charge in [0.15, 0.2) is 0 Å². The fourth-order valence-corrected chi connectivity index (χ4v) is 3.00. The zero-order valence-electron chi connectivity index (χ0n) is 9.67. The summed E-state index contributed by atoms with van der Waals surface area (Å²) in [4.78, 5) is 0. The summed E-state index contributed by atoms with van der Waals surface area (Å²) in [7, 11) is 0. The molecular weight excluding hydrogens is 311 g/mol. The fourth-order valence-electron chi connectivity index (χ4n) is 2.49. The Balaban J connectivity index is 2.02. The SMILES string of the molecule is CC(Nc1ccc(I)cc1N)C1CCCC1. The first-order chi connectivity index (χ1) is 7.66. The number of nitrogen functional groups attached to an aromatic ring is 1. The summed E-state index contributed by atoms with van der Waals surface area (Å²) in [5.41, 5.74) is 7.94. The number of rotatable bonds is 3. The van der Waals surface area contributed by atoms with Gasteiger partial charge in [-0.05, 0) is 66.5 Å². The highest BCUT2D eigenvalue weighted by atomic mass is 127. The van der Waals surface area contributed by atoms with E-state index in [0.29, 0.717) is 6.04 Å². The van der Waals surface area contributed by atoms with E-state index in [-0.39, 0.29) is 0 Å². The summed E-state index contributed by atoms with van der Waals surface area (Å²) >= 11 is 2.29. The standard InChI is InChI=1S/C13H19IN2/c1-9(10-4-2-3-5-10)16-13-7-6-11(14)8-12(13)15/h6-10,16H,2-5,15H2,1H3. The highest BCUT2D eigenvalue weighted by Gasteiger charge is 2.21. The molecule has 16 heavy (non-hydrogen) atoms. The number of hydrogen-bond donors (Lipinski definition) is 2. The van der Waals surface area contributed by atoms with Crippen molar-refractivity contribution in [3.05, 3.63) is 21.8 Å². The summed E-state index contributed by atoms with van der Waals surface area (Å²) in [6.45, 7) is 2.27. The molecule has 1 aromatic rings. The molecule has 2 rings (SSSR count). The van der Waals surface area contributed by atoms with E-state index in [4.69, 9.17) is 5.73 Å². The zero-order chi connectivity index (χ0) is 11.5. The molecule has 0 aliphatic heterocycles. The lowest BCUT2D eigenvalue weighted by molar-refractivity contribution is 0.482. The summed E-state index contributed by atoms with van der Waals surface area (Å²) in [5.74, 6) is 0.818. The second-order valence-electron chi connectivity index (χ2n) is 4.71. The Bertz CT molecular complexity index is 359. The van der Waals surface area contributed by atoms with Gasteiger partial charge in [-0.1, -0.05) is 12.8 Å². The normalized spacial score (nSPS) is 18.6. The van der Waals surface area contributed by atoms with E-state index < -0.39 is 0 Å². The average Bonchev–Trinajstić information content (AvgIpc) is 2.75. The molecule has 1 unspecified atom stereocenters. The smallest absolute Gasteiger partial charge is 0.0576 e. The zero-order valence-corrected chi connectivity index (χ0v) is 11.8. The Morgan fingerprint density at radius 2 is 2.06 bits per heavy atom. The molecule has 3 N–H and O–H groups in total. The number of benzene rings is 1. The maximum atomic E-state index is 6.00. The molecule has 1 saturated carbocycles. The van der Waals surface area contributed by atoms with Crippen molar-refractivity contribution in [2.75, 3.05) is 11.1 Å². The van der Waals surface area contributed by atoms with Crippen LogP contribution in [0.4, 0.5) is 11.4 Å². The van der Waals surface area contributed by atoms with Crippen LogP contribution in [0.2, 0.25) is 0 Å². The van der Waals surface area contributed by atoms with Crippen LogP contribution in [0.1, 0.15) is 32.6 Å². The molecule has 0 amide bonds. The first-order valence-electron chi connectivity index (χ1n) is 5.98. The first kappa shape index (κ1) is 12.0. The molecular formula is C13H19IN2. The molecule has 1 aromatic carbocycles. The van der Waals surface area contributed by atoms with Crippen LogP contribution in [-0.4, -0.2) is 6.04 Å². The van der Waals surface area contributed by atoms with Gasteiger partial charge in [0.25, 0.3) is 0 Å². The molecule has 0 bridgehead atoms. The molecule has 0 saturated heterocycles. The van der Waals surface area contributed by atoms with Gasteiger partial charge < -0.3 is 11.1 Å². The fraction of sp³-hybridized carbons (Fsp3) is 0.538. The van der Waals surface area contributed by atoms with Gasteiger partial charge in [-0.15, -0.1) is 0 Å². The lowest BCUT2D eigenvalue weighted by Crippen LogP contribution is -2.24. The maximum absolute atomic E-state index is 6.00. The molecule has 0 aromatic heterocycles. The van der Waals surface area contributed by atoms with Gasteiger partial charge >= 0.3 is 0 Å². The molecule has 3 heteroatoms. The van der Waals surface area contributed by atoms with Crippen LogP contribution in [0.15, 0.2) is 18.2 Å². The van der Waals surface area contributed by atoms with Crippen LogP contribution in [0.25, 0.3) is 0 Å². The highest BCUT2D eigenvalue weighted by Crippen LogP contribution is 2.30. The van der Waals surface area contributed by atoms with E-state index in [9.17, 15) is 0 Å². The predicted molar refractivity (Wildman–Crippen MR) is 78.6 cm³/mol. The van der Waals surface area contributed by atoms with E-state index in [1.165, 1.54) is 29.3 Å². The number of hydrogen-bond acceptors (Lipinski definition) is 2. The van der Waals surface area contributed by atoms with Crippen molar-refractivity contribution in [2.24, 2.45) is 5.92 Å². The molecule has 0 heterocycles. The van der Waals surface area contributed by atoms with Crippen molar-refractivity contribution in [1.29, 1.82) is 0 Å². The van der Waals surface area contributed by atoms with Crippen LogP contribution < -0.4 is 11.1 Å². The van der Waals surface area contributed by atoms with Crippen LogP contribution in [0.5, 0.6) is 0 Å². The van der Waals surface area contributed by atoms with Crippen molar-refractivity contribution in [1.82, 2.24) is 0 Å². The third-order valence-corrected chi connectivity index (χ3v) is 4.17. The Kier molecular flexibility index (Phi) is 3.95. The van der Waals surface area contributed by atoms with E-state index in [2.05, 4.69) is 47.0 Å².